The Morgan fingerprint density at radius 3 is 2.56 bits per heavy atom. The van der Waals surface area contributed by atoms with Gasteiger partial charge in [-0.25, -0.2) is 4.79 Å². The number of carbonyl (C=O) groups excluding carboxylic acids is 1. The molecule has 0 aromatic carbocycles. The summed E-state index contributed by atoms with van der Waals surface area (Å²) >= 11 is 0. The van der Waals surface area contributed by atoms with Crippen molar-refractivity contribution in [2.24, 2.45) is 0 Å². The van der Waals surface area contributed by atoms with Crippen molar-refractivity contribution in [2.75, 3.05) is 20.1 Å². The summed E-state index contributed by atoms with van der Waals surface area (Å²) in [7, 11) is 2.16. The van der Waals surface area contributed by atoms with Gasteiger partial charge < -0.3 is 15.5 Å². The van der Waals surface area contributed by atoms with E-state index in [0.717, 1.165) is 32.0 Å². The third-order valence-corrected chi connectivity index (χ3v) is 3.61. The normalized spacial score (nSPS) is 21.4. The van der Waals surface area contributed by atoms with E-state index in [2.05, 4.69) is 22.6 Å². The van der Waals surface area contributed by atoms with Crippen LogP contribution in [0.15, 0.2) is 0 Å². The lowest BCUT2D eigenvalue weighted by molar-refractivity contribution is 0.228. The van der Waals surface area contributed by atoms with Crippen LogP contribution in [0.4, 0.5) is 4.79 Å². The SMILES string of the molecule is CN(CCNC(=O)NC1CC1)C1CCCC1. The van der Waals surface area contributed by atoms with Crippen LogP contribution in [-0.2, 0) is 0 Å². The number of nitrogens with one attached hydrogen (secondary N) is 2. The summed E-state index contributed by atoms with van der Waals surface area (Å²) in [6.07, 6.45) is 7.68. The monoisotopic (exact) mass is 225 g/mol. The summed E-state index contributed by atoms with van der Waals surface area (Å²) in [5, 5.41) is 5.85. The van der Waals surface area contributed by atoms with Crippen molar-refractivity contribution in [3.63, 3.8) is 0 Å². The standard InChI is InChI=1S/C12H23N3O/c1-15(11-4-2-3-5-11)9-8-13-12(16)14-10-6-7-10/h10-11H,2-9H2,1H3,(H2,13,14,16). The number of hydrogen-bond acceptors (Lipinski definition) is 2. The maximum absolute atomic E-state index is 11.4. The largest absolute Gasteiger partial charge is 0.337 e. The fraction of sp³-hybridized carbons (Fsp3) is 0.917. The van der Waals surface area contributed by atoms with Crippen molar-refractivity contribution in [1.82, 2.24) is 15.5 Å². The zero-order chi connectivity index (χ0) is 11.4. The minimum Gasteiger partial charge on any atom is -0.337 e. The molecule has 4 heteroatoms. The van der Waals surface area contributed by atoms with Crippen LogP contribution in [0.3, 0.4) is 0 Å². The molecule has 0 spiro atoms. The van der Waals surface area contributed by atoms with Gasteiger partial charge in [0.2, 0.25) is 0 Å². The lowest BCUT2D eigenvalue weighted by atomic mass is 10.2. The summed E-state index contributed by atoms with van der Waals surface area (Å²) in [6, 6.07) is 1.20. The van der Waals surface area contributed by atoms with Gasteiger partial charge in [-0.2, -0.15) is 0 Å². The molecule has 0 radical (unpaired) electrons. The fourth-order valence-corrected chi connectivity index (χ4v) is 2.34. The van der Waals surface area contributed by atoms with Crippen molar-refractivity contribution >= 4 is 6.03 Å². The lowest BCUT2D eigenvalue weighted by Gasteiger charge is -2.23. The van der Waals surface area contributed by atoms with Gasteiger partial charge in [-0.15, -0.1) is 0 Å². The van der Waals surface area contributed by atoms with Crippen LogP contribution in [-0.4, -0.2) is 43.2 Å². The Morgan fingerprint density at radius 1 is 1.25 bits per heavy atom. The topological polar surface area (TPSA) is 44.4 Å². The summed E-state index contributed by atoms with van der Waals surface area (Å²) in [5.74, 6) is 0. The molecule has 16 heavy (non-hydrogen) atoms. The van der Waals surface area contributed by atoms with Crippen LogP contribution in [0.2, 0.25) is 0 Å². The highest BCUT2D eigenvalue weighted by Gasteiger charge is 2.23. The van der Waals surface area contributed by atoms with E-state index in [-0.39, 0.29) is 6.03 Å². The number of urea groups is 1. The molecule has 0 aromatic rings. The minimum absolute atomic E-state index is 0.00215. The molecular weight excluding hydrogens is 202 g/mol. The van der Waals surface area contributed by atoms with Gasteiger partial charge in [-0.3, -0.25) is 0 Å². The van der Waals surface area contributed by atoms with Crippen molar-refractivity contribution in [3.8, 4) is 0 Å². The molecule has 2 amide bonds. The molecule has 0 heterocycles. The van der Waals surface area contributed by atoms with Gasteiger partial charge in [-0.05, 0) is 32.7 Å². The fourth-order valence-electron chi connectivity index (χ4n) is 2.34. The van der Waals surface area contributed by atoms with Crippen LogP contribution in [0.25, 0.3) is 0 Å². The lowest BCUT2D eigenvalue weighted by Crippen LogP contribution is -2.42. The summed E-state index contributed by atoms with van der Waals surface area (Å²) < 4.78 is 0. The first-order valence-corrected chi connectivity index (χ1v) is 6.50. The number of rotatable bonds is 5. The van der Waals surface area contributed by atoms with Gasteiger partial charge in [0.25, 0.3) is 0 Å². The molecular formula is C12H23N3O. The molecule has 2 aliphatic carbocycles. The van der Waals surface area contributed by atoms with E-state index in [4.69, 9.17) is 0 Å². The average molecular weight is 225 g/mol. The molecule has 0 atom stereocenters. The summed E-state index contributed by atoms with van der Waals surface area (Å²) in [6.45, 7) is 1.72. The zero-order valence-electron chi connectivity index (χ0n) is 10.2. The van der Waals surface area contributed by atoms with E-state index >= 15 is 0 Å². The van der Waals surface area contributed by atoms with Crippen LogP contribution < -0.4 is 10.6 Å². The maximum Gasteiger partial charge on any atom is 0.315 e. The number of carbonyl (C=O) groups is 1. The molecule has 0 aliphatic heterocycles. The van der Waals surface area contributed by atoms with E-state index in [9.17, 15) is 4.79 Å². The van der Waals surface area contributed by atoms with Gasteiger partial charge >= 0.3 is 6.03 Å². The Balaban J connectivity index is 1.53. The predicted molar refractivity (Wildman–Crippen MR) is 64.4 cm³/mol. The second-order valence-corrected chi connectivity index (χ2v) is 5.09. The minimum atomic E-state index is 0.00215. The van der Waals surface area contributed by atoms with E-state index in [1.165, 1.54) is 25.7 Å². The highest BCUT2D eigenvalue weighted by molar-refractivity contribution is 5.74. The maximum atomic E-state index is 11.4. The molecule has 2 aliphatic rings. The molecule has 0 bridgehead atoms. The van der Waals surface area contributed by atoms with Crippen molar-refractivity contribution < 1.29 is 4.79 Å². The highest BCUT2D eigenvalue weighted by atomic mass is 16.2. The third kappa shape index (κ3) is 3.67. The van der Waals surface area contributed by atoms with Crippen molar-refractivity contribution in [2.45, 2.75) is 50.6 Å². The van der Waals surface area contributed by atoms with Crippen molar-refractivity contribution in [1.29, 1.82) is 0 Å². The van der Waals surface area contributed by atoms with Crippen LogP contribution in [0, 0.1) is 0 Å². The second-order valence-electron chi connectivity index (χ2n) is 5.09. The van der Waals surface area contributed by atoms with Gasteiger partial charge in [0, 0.05) is 25.2 Å². The first-order valence-electron chi connectivity index (χ1n) is 6.50. The first-order chi connectivity index (χ1) is 7.75. The molecule has 0 unspecified atom stereocenters. The van der Waals surface area contributed by atoms with Crippen molar-refractivity contribution in [3.05, 3.63) is 0 Å². The van der Waals surface area contributed by atoms with Gasteiger partial charge in [0.1, 0.15) is 0 Å². The molecule has 92 valence electrons. The van der Waals surface area contributed by atoms with Gasteiger partial charge in [-0.1, -0.05) is 12.8 Å². The first kappa shape index (κ1) is 11.7. The van der Waals surface area contributed by atoms with Crippen LogP contribution in [0.1, 0.15) is 38.5 Å². The number of amides is 2. The molecule has 2 saturated carbocycles. The molecule has 4 nitrogen and oxygen atoms in total. The predicted octanol–water partition coefficient (Wildman–Crippen LogP) is 1.32. The number of hydrogen-bond donors (Lipinski definition) is 2. The Bertz CT molecular complexity index is 234. The Labute approximate surface area is 97.8 Å². The van der Waals surface area contributed by atoms with E-state index < -0.39 is 0 Å². The third-order valence-electron chi connectivity index (χ3n) is 3.61. The van der Waals surface area contributed by atoms with Gasteiger partial charge in [0.15, 0.2) is 0 Å². The van der Waals surface area contributed by atoms with E-state index in [1.807, 2.05) is 0 Å². The quantitative estimate of drug-likeness (QED) is 0.741. The number of likely N-dealkylation sites (N-methyl/N-ethyl adjacent to an activating group) is 1. The van der Waals surface area contributed by atoms with Crippen LogP contribution >= 0.6 is 0 Å². The summed E-state index contributed by atoms with van der Waals surface area (Å²) in [4.78, 5) is 13.7. The summed E-state index contributed by atoms with van der Waals surface area (Å²) in [5.41, 5.74) is 0. The molecule has 0 aromatic heterocycles. The smallest absolute Gasteiger partial charge is 0.315 e. The molecule has 2 N–H and O–H groups in total. The Hall–Kier alpha value is -0.770. The molecule has 2 fully saturated rings. The number of nitrogens with zero attached hydrogens (tertiary/aromatic N) is 1. The Kier molecular flexibility index (Phi) is 4.04. The van der Waals surface area contributed by atoms with Gasteiger partial charge in [0.05, 0.1) is 0 Å². The van der Waals surface area contributed by atoms with E-state index in [0.29, 0.717) is 6.04 Å². The molecule has 0 saturated heterocycles. The molecule has 2 rings (SSSR count). The van der Waals surface area contributed by atoms with E-state index in [1.54, 1.807) is 0 Å². The average Bonchev–Trinajstić information content (AvgIpc) is 2.90. The Morgan fingerprint density at radius 2 is 1.94 bits per heavy atom. The van der Waals surface area contributed by atoms with Crippen LogP contribution in [0.5, 0.6) is 0 Å². The second kappa shape index (κ2) is 5.53. The zero-order valence-corrected chi connectivity index (χ0v) is 10.2. The highest BCUT2D eigenvalue weighted by Crippen LogP contribution is 2.21.